The van der Waals surface area contributed by atoms with Crippen molar-refractivity contribution in [2.75, 3.05) is 5.73 Å². The van der Waals surface area contributed by atoms with Gasteiger partial charge in [-0.3, -0.25) is 10.1 Å². The first-order valence-corrected chi connectivity index (χ1v) is 2.84. The Kier molecular flexibility index (Phi) is 3.60. The molecule has 0 saturated heterocycles. The fourth-order valence-corrected chi connectivity index (χ4v) is 0.655. The van der Waals surface area contributed by atoms with Gasteiger partial charge in [0.05, 0.1) is 10.6 Å². The number of anilines is 1. The average Bonchev–Trinajstić information content (AvgIpc) is 1.94. The van der Waals surface area contributed by atoms with Gasteiger partial charge < -0.3 is 10.8 Å². The second-order valence-corrected chi connectivity index (χ2v) is 2.00. The van der Waals surface area contributed by atoms with Gasteiger partial charge in [-0.05, 0) is 6.07 Å². The van der Waals surface area contributed by atoms with Gasteiger partial charge in [-0.15, -0.1) is 0 Å². The van der Waals surface area contributed by atoms with E-state index in [4.69, 9.17) is 10.8 Å². The Labute approximate surface area is 80.5 Å². The molecule has 0 spiro atoms. The second-order valence-electron chi connectivity index (χ2n) is 2.00. The van der Waals surface area contributed by atoms with Gasteiger partial charge in [0.2, 0.25) is 0 Å². The van der Waals surface area contributed by atoms with Crippen LogP contribution in [0.25, 0.3) is 0 Å². The van der Waals surface area contributed by atoms with Crippen molar-refractivity contribution in [1.29, 1.82) is 0 Å². The number of nitrogens with zero attached hydrogens (tertiary/aromatic N) is 1. The number of rotatable bonds is 1. The number of nitrogen functional groups attached to an aromatic ring is 1. The summed E-state index contributed by atoms with van der Waals surface area (Å²) >= 11 is 0. The molecule has 0 aliphatic carbocycles. The molecular weight excluding hydrogens is 155 g/mol. The maximum absolute atomic E-state index is 10.1. The molecule has 12 heavy (non-hydrogen) atoms. The van der Waals surface area contributed by atoms with Crippen molar-refractivity contribution in [3.63, 3.8) is 0 Å². The Morgan fingerprint density at radius 1 is 1.50 bits per heavy atom. The molecule has 0 bridgehead atoms. The van der Waals surface area contributed by atoms with E-state index in [1.54, 1.807) is 0 Å². The third-order valence-corrected chi connectivity index (χ3v) is 1.22. The zero-order chi connectivity index (χ0) is 8.43. The van der Waals surface area contributed by atoms with Gasteiger partial charge in [0, 0.05) is 31.0 Å². The van der Waals surface area contributed by atoms with E-state index < -0.39 is 4.92 Å². The van der Waals surface area contributed by atoms with Crippen molar-refractivity contribution in [1.82, 2.24) is 0 Å². The van der Waals surface area contributed by atoms with Gasteiger partial charge >= 0.3 is 0 Å². The summed E-state index contributed by atoms with van der Waals surface area (Å²) in [4.78, 5) is 9.56. The molecular formula is C6H6LiN2O3. The summed E-state index contributed by atoms with van der Waals surface area (Å²) in [6.45, 7) is 0. The van der Waals surface area contributed by atoms with Crippen molar-refractivity contribution in [3.05, 3.63) is 28.3 Å². The van der Waals surface area contributed by atoms with Crippen LogP contribution < -0.4 is 5.73 Å². The minimum atomic E-state index is -0.574. The first-order chi connectivity index (χ1) is 5.11. The quantitative estimate of drug-likeness (QED) is 0.206. The Morgan fingerprint density at radius 3 is 2.50 bits per heavy atom. The normalized spacial score (nSPS) is 8.67. The van der Waals surface area contributed by atoms with E-state index >= 15 is 0 Å². The molecule has 0 unspecified atom stereocenters. The fourth-order valence-electron chi connectivity index (χ4n) is 0.655. The summed E-state index contributed by atoms with van der Waals surface area (Å²) < 4.78 is 0. The zero-order valence-corrected chi connectivity index (χ0v) is 6.52. The summed E-state index contributed by atoms with van der Waals surface area (Å²) in [5.41, 5.74) is 5.09. The first kappa shape index (κ1) is 10.8. The molecule has 5 nitrogen and oxygen atoms in total. The van der Waals surface area contributed by atoms with Crippen LogP contribution in [0.3, 0.4) is 0 Å². The predicted octanol–water partition coefficient (Wildman–Crippen LogP) is 0.502. The molecule has 59 valence electrons. The molecule has 0 atom stereocenters. The van der Waals surface area contributed by atoms with Gasteiger partial charge in [-0.1, -0.05) is 0 Å². The topological polar surface area (TPSA) is 89.4 Å². The number of non-ortho nitro benzene ring substituents is 1. The zero-order valence-electron chi connectivity index (χ0n) is 6.52. The molecule has 3 N–H and O–H groups in total. The molecule has 0 aromatic heterocycles. The molecule has 0 fully saturated rings. The minimum absolute atomic E-state index is 0. The van der Waals surface area contributed by atoms with E-state index in [0.29, 0.717) is 0 Å². The SMILES string of the molecule is Nc1cc([N+](=O)[O-])ccc1O.[Li]. The van der Waals surface area contributed by atoms with Crippen molar-refractivity contribution in [2.45, 2.75) is 0 Å². The number of phenols is 1. The van der Waals surface area contributed by atoms with Crippen LogP contribution in [-0.2, 0) is 0 Å². The van der Waals surface area contributed by atoms with Crippen LogP contribution >= 0.6 is 0 Å². The third-order valence-electron chi connectivity index (χ3n) is 1.22. The summed E-state index contributed by atoms with van der Waals surface area (Å²) in [7, 11) is 0. The van der Waals surface area contributed by atoms with E-state index in [0.717, 1.165) is 6.07 Å². The second kappa shape index (κ2) is 4.00. The van der Waals surface area contributed by atoms with Crippen molar-refractivity contribution >= 4 is 30.2 Å². The van der Waals surface area contributed by atoms with E-state index in [-0.39, 0.29) is 36.0 Å². The molecule has 1 radical (unpaired) electrons. The molecule has 1 aromatic rings. The molecule has 0 aliphatic heterocycles. The standard InChI is InChI=1S/C6H6N2O3.Li/c7-5-3-4(8(10)11)1-2-6(5)9;/h1-3,9H,7H2;. The Balaban J connectivity index is 0.00000121. The molecule has 0 heterocycles. The van der Waals surface area contributed by atoms with Gasteiger partial charge in [-0.25, -0.2) is 0 Å². The van der Waals surface area contributed by atoms with Crippen LogP contribution in [-0.4, -0.2) is 28.9 Å². The number of phenolic OH excluding ortho intramolecular Hbond substituents is 1. The number of hydrogen-bond donors (Lipinski definition) is 2. The maximum atomic E-state index is 10.1. The number of nitro groups is 1. The van der Waals surface area contributed by atoms with Crippen LogP contribution in [0.2, 0.25) is 0 Å². The van der Waals surface area contributed by atoms with Crippen LogP contribution in [0, 0.1) is 10.1 Å². The summed E-state index contributed by atoms with van der Waals surface area (Å²) in [5, 5.41) is 19.0. The molecule has 0 saturated carbocycles. The van der Waals surface area contributed by atoms with Gasteiger partial charge in [0.15, 0.2) is 0 Å². The van der Waals surface area contributed by atoms with E-state index in [1.165, 1.54) is 12.1 Å². The molecule has 0 aliphatic rings. The van der Waals surface area contributed by atoms with Crippen molar-refractivity contribution < 1.29 is 10.0 Å². The number of aromatic hydroxyl groups is 1. The smallest absolute Gasteiger partial charge is 0.271 e. The number of hydrogen-bond acceptors (Lipinski definition) is 4. The van der Waals surface area contributed by atoms with E-state index in [9.17, 15) is 10.1 Å². The Bertz CT molecular complexity index is 303. The average molecular weight is 161 g/mol. The summed E-state index contributed by atoms with van der Waals surface area (Å²) in [5.74, 6) is -0.143. The first-order valence-electron chi connectivity index (χ1n) is 2.84. The van der Waals surface area contributed by atoms with E-state index in [1.807, 2.05) is 0 Å². The number of nitrogens with two attached hydrogens (primary N) is 1. The molecule has 1 aromatic carbocycles. The summed E-state index contributed by atoms with van der Waals surface area (Å²) in [6, 6.07) is 3.48. The molecule has 1 rings (SSSR count). The Morgan fingerprint density at radius 2 is 2.08 bits per heavy atom. The predicted molar refractivity (Wildman–Crippen MR) is 44.9 cm³/mol. The maximum Gasteiger partial charge on any atom is 0.271 e. The van der Waals surface area contributed by atoms with E-state index in [2.05, 4.69) is 0 Å². The van der Waals surface area contributed by atoms with Gasteiger partial charge in [0.25, 0.3) is 5.69 Å². The van der Waals surface area contributed by atoms with Crippen LogP contribution in [0.4, 0.5) is 11.4 Å². The van der Waals surface area contributed by atoms with Crippen LogP contribution in [0.1, 0.15) is 0 Å². The van der Waals surface area contributed by atoms with Gasteiger partial charge in [0.1, 0.15) is 5.75 Å². The van der Waals surface area contributed by atoms with Gasteiger partial charge in [-0.2, -0.15) is 0 Å². The Hall–Kier alpha value is -1.18. The minimum Gasteiger partial charge on any atom is -0.506 e. The molecule has 0 amide bonds. The number of nitro benzene ring substituents is 1. The number of benzene rings is 1. The van der Waals surface area contributed by atoms with Crippen LogP contribution in [0.5, 0.6) is 5.75 Å². The monoisotopic (exact) mass is 161 g/mol. The van der Waals surface area contributed by atoms with Crippen LogP contribution in [0.15, 0.2) is 18.2 Å². The van der Waals surface area contributed by atoms with Crippen molar-refractivity contribution in [2.24, 2.45) is 0 Å². The fraction of sp³-hybridized carbons (Fsp3) is 0. The third kappa shape index (κ3) is 2.15. The largest absolute Gasteiger partial charge is 0.506 e. The molecule has 6 heteroatoms. The summed E-state index contributed by atoms with van der Waals surface area (Å²) in [6.07, 6.45) is 0. The van der Waals surface area contributed by atoms with Crippen molar-refractivity contribution in [3.8, 4) is 5.75 Å².